The SMILES string of the molecule is O=C(O)CCC[C@H](O)[C@H](/C=C/C=C\CCCCCCCCCC=S)c1cccc(NC(=O)CC(=O)O)c1. The van der Waals surface area contributed by atoms with Crippen molar-refractivity contribution in [3.05, 3.63) is 54.1 Å². The molecule has 1 amide bonds. The molecule has 1 aromatic rings. The van der Waals surface area contributed by atoms with Gasteiger partial charge in [0.1, 0.15) is 6.42 Å². The van der Waals surface area contributed by atoms with Crippen molar-refractivity contribution in [1.29, 1.82) is 0 Å². The maximum absolute atomic E-state index is 11.8. The third-order valence-corrected chi connectivity index (χ3v) is 6.17. The van der Waals surface area contributed by atoms with Crippen LogP contribution in [0.1, 0.15) is 95.0 Å². The lowest BCUT2D eigenvalue weighted by atomic mass is 9.89. The number of hydrogen-bond donors (Lipinski definition) is 4. The molecular formula is C29H41NO6S. The fourth-order valence-electron chi connectivity index (χ4n) is 4.00. The average molecular weight is 532 g/mol. The first-order valence-electron chi connectivity index (χ1n) is 13.1. The Morgan fingerprint density at radius 1 is 0.892 bits per heavy atom. The minimum atomic E-state index is -1.21. The summed E-state index contributed by atoms with van der Waals surface area (Å²) in [7, 11) is 0. The number of aliphatic hydroxyl groups excluding tert-OH is 1. The lowest BCUT2D eigenvalue weighted by molar-refractivity contribution is -0.140. The van der Waals surface area contributed by atoms with Crippen molar-refractivity contribution >= 4 is 41.1 Å². The molecular weight excluding hydrogens is 490 g/mol. The van der Waals surface area contributed by atoms with Crippen LogP contribution in [0.3, 0.4) is 0 Å². The zero-order chi connectivity index (χ0) is 27.3. The van der Waals surface area contributed by atoms with E-state index in [0.29, 0.717) is 18.5 Å². The molecule has 0 saturated carbocycles. The summed E-state index contributed by atoms with van der Waals surface area (Å²) in [5.74, 6) is -3.16. The maximum Gasteiger partial charge on any atom is 0.312 e. The van der Waals surface area contributed by atoms with Crippen molar-refractivity contribution in [2.75, 3.05) is 5.32 Å². The summed E-state index contributed by atoms with van der Waals surface area (Å²) in [6.45, 7) is 0. The van der Waals surface area contributed by atoms with Gasteiger partial charge in [0.25, 0.3) is 0 Å². The maximum atomic E-state index is 11.8. The van der Waals surface area contributed by atoms with E-state index in [0.717, 1.165) is 24.8 Å². The fourth-order valence-corrected chi connectivity index (χ4v) is 4.17. The topological polar surface area (TPSA) is 124 Å². The van der Waals surface area contributed by atoms with Crippen LogP contribution in [-0.4, -0.2) is 44.6 Å². The van der Waals surface area contributed by atoms with Gasteiger partial charge in [0.2, 0.25) is 5.91 Å². The quantitative estimate of drug-likeness (QED) is 0.0624. The zero-order valence-corrected chi connectivity index (χ0v) is 22.3. The molecule has 0 unspecified atom stereocenters. The van der Waals surface area contributed by atoms with E-state index in [1.165, 1.54) is 38.5 Å². The number of anilines is 1. The first-order chi connectivity index (χ1) is 17.8. The molecule has 0 bridgehead atoms. The van der Waals surface area contributed by atoms with Gasteiger partial charge in [0.05, 0.1) is 6.10 Å². The van der Waals surface area contributed by atoms with Gasteiger partial charge in [-0.15, -0.1) is 0 Å². The molecule has 0 radical (unpaired) electrons. The second-order valence-electron chi connectivity index (χ2n) is 9.16. The number of carboxylic acids is 2. The fraction of sp³-hybridized carbons (Fsp3) is 0.517. The van der Waals surface area contributed by atoms with Gasteiger partial charge in [-0.25, -0.2) is 0 Å². The van der Waals surface area contributed by atoms with E-state index in [2.05, 4.69) is 11.4 Å². The number of aliphatic carboxylic acids is 2. The minimum absolute atomic E-state index is 0.0220. The summed E-state index contributed by atoms with van der Waals surface area (Å²) >= 11 is 4.84. The van der Waals surface area contributed by atoms with Gasteiger partial charge >= 0.3 is 11.9 Å². The highest BCUT2D eigenvalue weighted by molar-refractivity contribution is 7.78. The molecule has 0 aliphatic carbocycles. The lowest BCUT2D eigenvalue weighted by Gasteiger charge is -2.21. The number of unbranched alkanes of at least 4 members (excludes halogenated alkanes) is 8. The third kappa shape index (κ3) is 16.5. The van der Waals surface area contributed by atoms with Crippen molar-refractivity contribution in [2.24, 2.45) is 0 Å². The van der Waals surface area contributed by atoms with Crippen LogP contribution in [0, 0.1) is 0 Å². The molecule has 2 atom stereocenters. The van der Waals surface area contributed by atoms with Crippen LogP contribution in [0.15, 0.2) is 48.6 Å². The highest BCUT2D eigenvalue weighted by Crippen LogP contribution is 2.27. The number of carboxylic acid groups (broad SMARTS) is 2. The largest absolute Gasteiger partial charge is 0.481 e. The van der Waals surface area contributed by atoms with Gasteiger partial charge in [0.15, 0.2) is 0 Å². The Labute approximate surface area is 225 Å². The Morgan fingerprint density at radius 3 is 2.22 bits per heavy atom. The molecule has 4 N–H and O–H groups in total. The van der Waals surface area contributed by atoms with Crippen LogP contribution in [0.4, 0.5) is 5.69 Å². The summed E-state index contributed by atoms with van der Waals surface area (Å²) in [5.41, 5.74) is 1.18. The van der Waals surface area contributed by atoms with Gasteiger partial charge in [-0.2, -0.15) is 0 Å². The molecule has 0 aromatic heterocycles. The second kappa shape index (κ2) is 20.2. The molecule has 0 fully saturated rings. The van der Waals surface area contributed by atoms with Crippen LogP contribution >= 0.6 is 12.2 Å². The number of nitrogens with one attached hydrogen (secondary N) is 1. The predicted octanol–water partition coefficient (Wildman–Crippen LogP) is 6.42. The Bertz CT molecular complexity index is 898. The summed E-state index contributed by atoms with van der Waals surface area (Å²) in [6, 6.07) is 6.90. The normalized spacial score (nSPS) is 13.0. The molecule has 1 rings (SSSR count). The van der Waals surface area contributed by atoms with Crippen LogP contribution in [-0.2, 0) is 14.4 Å². The van der Waals surface area contributed by atoms with E-state index in [-0.39, 0.29) is 6.42 Å². The van der Waals surface area contributed by atoms with E-state index in [9.17, 15) is 19.5 Å². The highest BCUT2D eigenvalue weighted by Gasteiger charge is 2.19. The van der Waals surface area contributed by atoms with E-state index >= 15 is 0 Å². The Morgan fingerprint density at radius 2 is 1.57 bits per heavy atom. The number of rotatable bonds is 21. The van der Waals surface area contributed by atoms with Crippen LogP contribution < -0.4 is 5.32 Å². The number of allylic oxidation sites excluding steroid dienone is 3. The Kier molecular flexibility index (Phi) is 17.6. The van der Waals surface area contributed by atoms with Crippen molar-refractivity contribution in [1.82, 2.24) is 0 Å². The Hall–Kier alpha value is -2.84. The molecule has 1 aromatic carbocycles. The van der Waals surface area contributed by atoms with Crippen molar-refractivity contribution in [2.45, 2.75) is 95.5 Å². The number of carbonyl (C=O) groups excluding carboxylic acids is 1. The number of carbonyl (C=O) groups is 3. The van der Waals surface area contributed by atoms with E-state index in [1.54, 1.807) is 18.2 Å². The monoisotopic (exact) mass is 531 g/mol. The smallest absolute Gasteiger partial charge is 0.312 e. The third-order valence-electron chi connectivity index (χ3n) is 5.93. The minimum Gasteiger partial charge on any atom is -0.481 e. The zero-order valence-electron chi connectivity index (χ0n) is 21.5. The van der Waals surface area contributed by atoms with Crippen LogP contribution in [0.25, 0.3) is 0 Å². The number of amides is 1. The second-order valence-corrected chi connectivity index (χ2v) is 9.49. The predicted molar refractivity (Wildman–Crippen MR) is 151 cm³/mol. The first kappa shape index (κ1) is 32.2. The van der Waals surface area contributed by atoms with Crippen molar-refractivity contribution in [3.63, 3.8) is 0 Å². The van der Waals surface area contributed by atoms with Gasteiger partial charge in [0, 0.05) is 18.0 Å². The summed E-state index contributed by atoms with van der Waals surface area (Å²) in [5, 5.41) is 32.9. The number of benzene rings is 1. The van der Waals surface area contributed by atoms with Crippen molar-refractivity contribution < 1.29 is 29.7 Å². The van der Waals surface area contributed by atoms with Crippen molar-refractivity contribution in [3.8, 4) is 0 Å². The molecule has 0 saturated heterocycles. The first-order valence-corrected chi connectivity index (χ1v) is 13.6. The average Bonchev–Trinajstić information content (AvgIpc) is 2.83. The lowest BCUT2D eigenvalue weighted by Crippen LogP contribution is -2.18. The molecule has 0 heterocycles. The van der Waals surface area contributed by atoms with Gasteiger partial charge < -0.3 is 20.6 Å². The van der Waals surface area contributed by atoms with Crippen LogP contribution in [0.2, 0.25) is 0 Å². The highest BCUT2D eigenvalue weighted by atomic mass is 32.1. The molecule has 7 nitrogen and oxygen atoms in total. The summed E-state index contributed by atoms with van der Waals surface area (Å²) in [4.78, 5) is 33.4. The number of aliphatic hydroxyl groups is 1. The number of hydrogen-bond acceptors (Lipinski definition) is 5. The van der Waals surface area contributed by atoms with Crippen LogP contribution in [0.5, 0.6) is 0 Å². The van der Waals surface area contributed by atoms with Gasteiger partial charge in [-0.05, 0) is 61.6 Å². The molecule has 0 aliphatic heterocycles. The van der Waals surface area contributed by atoms with E-state index in [4.69, 9.17) is 22.4 Å². The Balaban J connectivity index is 2.66. The number of thiocarbonyl (C=S) groups is 1. The van der Waals surface area contributed by atoms with Gasteiger partial charge in [-0.1, -0.05) is 80.8 Å². The van der Waals surface area contributed by atoms with E-state index < -0.39 is 36.3 Å². The molecule has 204 valence electrons. The molecule has 0 aliphatic rings. The molecule has 8 heteroatoms. The molecule has 0 spiro atoms. The molecule has 37 heavy (non-hydrogen) atoms. The summed E-state index contributed by atoms with van der Waals surface area (Å²) < 4.78 is 0. The standard InChI is InChI=1S/C29H41NO6S/c31-26(18-14-19-28(33)34)25(23-15-13-16-24(21-23)30-27(32)22-29(35)36)17-11-9-7-5-3-1-2-4-6-8-10-12-20-37/h7,9,11,13,15-17,20-21,25-26,31H,1-6,8,10,12,14,18-19,22H2,(H,30,32)(H,33,34)(H,35,36)/b9-7-,17-11+/t25-,26+/m1/s1. The summed E-state index contributed by atoms with van der Waals surface area (Å²) in [6.07, 6.45) is 17.6. The van der Waals surface area contributed by atoms with Gasteiger partial charge in [-0.3, -0.25) is 14.4 Å². The van der Waals surface area contributed by atoms with E-state index in [1.807, 2.05) is 29.7 Å².